The standard InChI is InChI=1S/C10H10O4/c1-7(11)9-5-3-4-6-10(9)14-13-8(2)12/h3-6H,1-2H3. The van der Waals surface area contributed by atoms with E-state index in [2.05, 4.69) is 9.78 Å². The molecule has 0 N–H and O–H groups in total. The molecule has 0 aromatic heterocycles. The van der Waals surface area contributed by atoms with Gasteiger partial charge in [-0.2, -0.15) is 0 Å². The van der Waals surface area contributed by atoms with Gasteiger partial charge in [0.15, 0.2) is 11.5 Å². The first-order valence-corrected chi connectivity index (χ1v) is 4.06. The van der Waals surface area contributed by atoms with Crippen LogP contribution in [0.2, 0.25) is 0 Å². The topological polar surface area (TPSA) is 52.6 Å². The molecule has 0 unspecified atom stereocenters. The fourth-order valence-corrected chi connectivity index (χ4v) is 0.934. The van der Waals surface area contributed by atoms with Gasteiger partial charge in [-0.05, 0) is 19.1 Å². The van der Waals surface area contributed by atoms with Crippen molar-refractivity contribution in [2.45, 2.75) is 13.8 Å². The van der Waals surface area contributed by atoms with E-state index >= 15 is 0 Å². The summed E-state index contributed by atoms with van der Waals surface area (Å²) in [6.07, 6.45) is 0. The summed E-state index contributed by atoms with van der Waals surface area (Å²) in [5.41, 5.74) is 0.383. The number of hydrogen-bond acceptors (Lipinski definition) is 4. The maximum Gasteiger partial charge on any atom is 0.352 e. The van der Waals surface area contributed by atoms with Gasteiger partial charge in [-0.3, -0.25) is 14.6 Å². The lowest BCUT2D eigenvalue weighted by molar-refractivity contribution is -0.211. The second-order valence-electron chi connectivity index (χ2n) is 2.71. The zero-order valence-electron chi connectivity index (χ0n) is 7.94. The molecule has 0 amide bonds. The van der Waals surface area contributed by atoms with E-state index in [4.69, 9.17) is 0 Å². The Kier molecular flexibility index (Phi) is 3.23. The maximum absolute atomic E-state index is 11.1. The van der Waals surface area contributed by atoms with Crippen molar-refractivity contribution in [3.05, 3.63) is 29.8 Å². The van der Waals surface area contributed by atoms with Gasteiger partial charge in [0.2, 0.25) is 0 Å². The summed E-state index contributed by atoms with van der Waals surface area (Å²) in [6.45, 7) is 2.63. The van der Waals surface area contributed by atoms with E-state index in [0.29, 0.717) is 5.56 Å². The molecule has 1 rings (SSSR count). The van der Waals surface area contributed by atoms with Crippen LogP contribution in [0.15, 0.2) is 24.3 Å². The summed E-state index contributed by atoms with van der Waals surface area (Å²) < 4.78 is 0. The number of benzene rings is 1. The summed E-state index contributed by atoms with van der Waals surface area (Å²) >= 11 is 0. The molecule has 0 aliphatic carbocycles. The molecule has 74 valence electrons. The highest BCUT2D eigenvalue weighted by Gasteiger charge is 2.09. The minimum absolute atomic E-state index is 0.146. The lowest BCUT2D eigenvalue weighted by Gasteiger charge is -2.05. The van der Waals surface area contributed by atoms with Gasteiger partial charge in [0, 0.05) is 6.92 Å². The van der Waals surface area contributed by atoms with Crippen LogP contribution in [0.1, 0.15) is 24.2 Å². The van der Waals surface area contributed by atoms with Crippen LogP contribution in [0.3, 0.4) is 0 Å². The Morgan fingerprint density at radius 1 is 1.14 bits per heavy atom. The van der Waals surface area contributed by atoms with Crippen molar-refractivity contribution < 1.29 is 19.4 Å². The predicted octanol–water partition coefficient (Wildman–Crippen LogP) is 1.75. The molecule has 0 saturated carbocycles. The first kappa shape index (κ1) is 10.2. The normalized spacial score (nSPS) is 9.29. The van der Waals surface area contributed by atoms with Crippen molar-refractivity contribution in [1.29, 1.82) is 0 Å². The van der Waals surface area contributed by atoms with Crippen LogP contribution >= 0.6 is 0 Å². The lowest BCUT2D eigenvalue weighted by atomic mass is 10.1. The Balaban J connectivity index is 2.84. The minimum atomic E-state index is -0.566. The van der Waals surface area contributed by atoms with E-state index in [1.54, 1.807) is 24.3 Å². The van der Waals surface area contributed by atoms with E-state index in [1.165, 1.54) is 13.8 Å². The fraction of sp³-hybridized carbons (Fsp3) is 0.200. The molecule has 14 heavy (non-hydrogen) atoms. The average Bonchev–Trinajstić information content (AvgIpc) is 2.15. The van der Waals surface area contributed by atoms with Crippen LogP contribution < -0.4 is 4.89 Å². The highest BCUT2D eigenvalue weighted by molar-refractivity contribution is 5.96. The van der Waals surface area contributed by atoms with Gasteiger partial charge >= 0.3 is 5.97 Å². The van der Waals surface area contributed by atoms with E-state index in [-0.39, 0.29) is 11.5 Å². The van der Waals surface area contributed by atoms with E-state index in [9.17, 15) is 9.59 Å². The molecule has 0 heterocycles. The van der Waals surface area contributed by atoms with Crippen molar-refractivity contribution in [3.63, 3.8) is 0 Å². The summed E-state index contributed by atoms with van der Waals surface area (Å²) in [4.78, 5) is 30.6. The van der Waals surface area contributed by atoms with Crippen molar-refractivity contribution in [2.24, 2.45) is 0 Å². The molecule has 0 radical (unpaired) electrons. The molecular formula is C10H10O4. The highest BCUT2D eigenvalue weighted by Crippen LogP contribution is 2.18. The molecule has 0 bridgehead atoms. The van der Waals surface area contributed by atoms with Crippen LogP contribution in [-0.4, -0.2) is 11.8 Å². The first-order valence-electron chi connectivity index (χ1n) is 4.06. The Labute approximate surface area is 81.4 Å². The third kappa shape index (κ3) is 2.58. The molecule has 0 aliphatic heterocycles. The zero-order chi connectivity index (χ0) is 10.6. The number of para-hydroxylation sites is 1. The monoisotopic (exact) mass is 194 g/mol. The Morgan fingerprint density at radius 2 is 1.79 bits per heavy atom. The van der Waals surface area contributed by atoms with Gasteiger partial charge in [-0.25, -0.2) is 4.79 Å². The third-order valence-corrected chi connectivity index (χ3v) is 1.52. The van der Waals surface area contributed by atoms with Gasteiger partial charge in [0.25, 0.3) is 0 Å². The Hall–Kier alpha value is -1.84. The second kappa shape index (κ2) is 4.41. The smallest absolute Gasteiger partial charge is 0.294 e. The number of carbonyl (C=O) groups excluding carboxylic acids is 2. The molecule has 1 aromatic rings. The summed E-state index contributed by atoms with van der Waals surface area (Å²) in [5.74, 6) is -0.466. The molecule has 4 nitrogen and oxygen atoms in total. The molecule has 0 saturated heterocycles. The molecule has 1 aromatic carbocycles. The Morgan fingerprint density at radius 3 is 2.36 bits per heavy atom. The van der Waals surface area contributed by atoms with Gasteiger partial charge in [0.05, 0.1) is 5.56 Å². The van der Waals surface area contributed by atoms with Crippen LogP contribution in [-0.2, 0) is 9.68 Å². The summed E-state index contributed by atoms with van der Waals surface area (Å²) in [5, 5.41) is 0. The van der Waals surface area contributed by atoms with E-state index in [0.717, 1.165) is 0 Å². The first-order chi connectivity index (χ1) is 6.61. The van der Waals surface area contributed by atoms with Crippen LogP contribution in [0.4, 0.5) is 0 Å². The van der Waals surface area contributed by atoms with Crippen LogP contribution in [0.25, 0.3) is 0 Å². The molecule has 4 heteroatoms. The Bertz CT molecular complexity index is 357. The van der Waals surface area contributed by atoms with Gasteiger partial charge in [-0.1, -0.05) is 12.1 Å². The van der Waals surface area contributed by atoms with Gasteiger partial charge in [-0.15, -0.1) is 0 Å². The summed E-state index contributed by atoms with van der Waals surface area (Å²) in [6, 6.07) is 6.55. The fourth-order valence-electron chi connectivity index (χ4n) is 0.934. The summed E-state index contributed by atoms with van der Waals surface area (Å²) in [7, 11) is 0. The quantitative estimate of drug-likeness (QED) is 0.418. The van der Waals surface area contributed by atoms with Crippen molar-refractivity contribution in [2.75, 3.05) is 0 Å². The largest absolute Gasteiger partial charge is 0.352 e. The average molecular weight is 194 g/mol. The van der Waals surface area contributed by atoms with E-state index < -0.39 is 5.97 Å². The SMILES string of the molecule is CC(=O)OOc1ccccc1C(C)=O. The molecule has 0 spiro atoms. The molecule has 0 fully saturated rings. The maximum atomic E-state index is 11.1. The number of hydrogen-bond donors (Lipinski definition) is 0. The number of Topliss-reactive ketones (excluding diaryl/α,β-unsaturated/α-hetero) is 1. The third-order valence-electron chi connectivity index (χ3n) is 1.52. The highest BCUT2D eigenvalue weighted by atomic mass is 17.2. The van der Waals surface area contributed by atoms with Crippen molar-refractivity contribution in [1.82, 2.24) is 0 Å². The zero-order valence-corrected chi connectivity index (χ0v) is 7.94. The molecule has 0 aliphatic rings. The predicted molar refractivity (Wildman–Crippen MR) is 48.8 cm³/mol. The second-order valence-corrected chi connectivity index (χ2v) is 2.71. The van der Waals surface area contributed by atoms with Gasteiger partial charge < -0.3 is 0 Å². The number of rotatable bonds is 3. The number of ketones is 1. The lowest BCUT2D eigenvalue weighted by Crippen LogP contribution is -2.06. The molecular weight excluding hydrogens is 184 g/mol. The van der Waals surface area contributed by atoms with Gasteiger partial charge in [0.1, 0.15) is 0 Å². The van der Waals surface area contributed by atoms with Crippen molar-refractivity contribution in [3.8, 4) is 5.75 Å². The number of carbonyl (C=O) groups is 2. The minimum Gasteiger partial charge on any atom is -0.294 e. The van der Waals surface area contributed by atoms with Crippen LogP contribution in [0, 0.1) is 0 Å². The molecule has 0 atom stereocenters. The van der Waals surface area contributed by atoms with Crippen LogP contribution in [0.5, 0.6) is 5.75 Å². The van der Waals surface area contributed by atoms with Crippen molar-refractivity contribution >= 4 is 11.8 Å². The van der Waals surface area contributed by atoms with E-state index in [1.807, 2.05) is 0 Å².